The van der Waals surface area contributed by atoms with Crippen molar-refractivity contribution in [2.45, 2.75) is 19.3 Å². The summed E-state index contributed by atoms with van der Waals surface area (Å²) in [7, 11) is 0. The number of rotatable bonds is 6. The molecule has 2 rings (SSSR count). The smallest absolute Gasteiger partial charge is 0.211 e. The average molecular weight is 283 g/mol. The van der Waals surface area contributed by atoms with Crippen LogP contribution in [0.15, 0.2) is 54.6 Å². The van der Waals surface area contributed by atoms with E-state index in [0.717, 1.165) is 11.1 Å². The summed E-state index contributed by atoms with van der Waals surface area (Å²) in [5.74, 6) is -0.459. The third kappa shape index (κ3) is 3.99. The average Bonchev–Trinajstić information content (AvgIpc) is 2.47. The summed E-state index contributed by atoms with van der Waals surface area (Å²) in [6, 6.07) is 16.4. The third-order valence-electron chi connectivity index (χ3n) is 3.53. The second-order valence-corrected chi connectivity index (χ2v) is 5.06. The van der Waals surface area contributed by atoms with Gasteiger partial charge in [0.25, 0.3) is 0 Å². The molecule has 0 bridgehead atoms. The minimum absolute atomic E-state index is 0.0642. The van der Waals surface area contributed by atoms with Crippen molar-refractivity contribution in [3.05, 3.63) is 81.4 Å². The fraction of sp³-hybridized carbons (Fsp3) is 0.235. The molecule has 2 aromatic carbocycles. The third-order valence-corrected chi connectivity index (χ3v) is 3.53. The predicted octanol–water partition coefficient (Wildman–Crippen LogP) is 3.63. The van der Waals surface area contributed by atoms with Crippen molar-refractivity contribution < 1.29 is 9.72 Å². The number of Topliss-reactive ketones (excluding diaryl/α,β-unsaturated/α-hetero) is 1. The normalized spacial score (nSPS) is 11.9. The zero-order valence-corrected chi connectivity index (χ0v) is 11.9. The van der Waals surface area contributed by atoms with Gasteiger partial charge in [-0.25, -0.2) is 0 Å². The summed E-state index contributed by atoms with van der Waals surface area (Å²) in [5.41, 5.74) is 2.45. The Kier molecular flexibility index (Phi) is 4.82. The van der Waals surface area contributed by atoms with Crippen LogP contribution in [0.3, 0.4) is 0 Å². The molecule has 0 aliphatic carbocycles. The molecular formula is C17H17NO3. The van der Waals surface area contributed by atoms with Crippen molar-refractivity contribution in [3.63, 3.8) is 0 Å². The van der Waals surface area contributed by atoms with Crippen LogP contribution in [0, 0.1) is 17.0 Å². The molecule has 4 nitrogen and oxygen atoms in total. The van der Waals surface area contributed by atoms with E-state index in [0.29, 0.717) is 5.56 Å². The Morgan fingerprint density at radius 3 is 2.33 bits per heavy atom. The van der Waals surface area contributed by atoms with Gasteiger partial charge in [-0.1, -0.05) is 54.6 Å². The van der Waals surface area contributed by atoms with Gasteiger partial charge in [0.2, 0.25) is 6.54 Å². The number of hydrogen-bond acceptors (Lipinski definition) is 3. The van der Waals surface area contributed by atoms with Gasteiger partial charge in [-0.15, -0.1) is 0 Å². The van der Waals surface area contributed by atoms with Gasteiger partial charge in [0.05, 0.1) is 5.92 Å². The van der Waals surface area contributed by atoms with E-state index in [-0.39, 0.29) is 23.7 Å². The predicted molar refractivity (Wildman–Crippen MR) is 81.2 cm³/mol. The van der Waals surface area contributed by atoms with E-state index in [1.54, 1.807) is 24.3 Å². The molecule has 108 valence electrons. The van der Waals surface area contributed by atoms with Gasteiger partial charge < -0.3 is 0 Å². The minimum Gasteiger partial charge on any atom is -0.294 e. The van der Waals surface area contributed by atoms with Crippen LogP contribution >= 0.6 is 0 Å². The second-order valence-electron chi connectivity index (χ2n) is 5.06. The molecule has 0 aromatic heterocycles. The Morgan fingerprint density at radius 2 is 1.71 bits per heavy atom. The lowest BCUT2D eigenvalue weighted by atomic mass is 9.89. The molecular weight excluding hydrogens is 266 g/mol. The van der Waals surface area contributed by atoms with Crippen LogP contribution in [0.25, 0.3) is 0 Å². The highest BCUT2D eigenvalue weighted by atomic mass is 16.6. The Morgan fingerprint density at radius 1 is 1.10 bits per heavy atom. The summed E-state index contributed by atoms with van der Waals surface area (Å²) >= 11 is 0. The lowest BCUT2D eigenvalue weighted by Crippen LogP contribution is -2.17. The van der Waals surface area contributed by atoms with Crippen molar-refractivity contribution in [1.29, 1.82) is 0 Å². The molecule has 0 saturated heterocycles. The number of hydrogen-bond donors (Lipinski definition) is 0. The van der Waals surface area contributed by atoms with Gasteiger partial charge >= 0.3 is 0 Å². The lowest BCUT2D eigenvalue weighted by molar-refractivity contribution is -0.483. The molecule has 0 fully saturated rings. The van der Waals surface area contributed by atoms with E-state index in [1.165, 1.54) is 0 Å². The quantitative estimate of drug-likeness (QED) is 0.462. The van der Waals surface area contributed by atoms with E-state index < -0.39 is 5.92 Å². The number of carbonyl (C=O) groups excluding carboxylic acids is 1. The van der Waals surface area contributed by atoms with Gasteiger partial charge in [-0.2, -0.15) is 0 Å². The minimum atomic E-state index is -0.395. The Hall–Kier alpha value is -2.49. The van der Waals surface area contributed by atoms with Crippen LogP contribution in [0.4, 0.5) is 0 Å². The zero-order chi connectivity index (χ0) is 15.2. The highest BCUT2D eigenvalue weighted by Gasteiger charge is 2.23. The molecule has 0 aliphatic rings. The standard InChI is InChI=1S/C17H17NO3/c1-13-7-5-6-10-16(13)15(12-18(20)21)11-17(19)14-8-3-2-4-9-14/h2-10,15H,11-12H2,1H3. The molecule has 1 atom stereocenters. The molecule has 0 heterocycles. The zero-order valence-electron chi connectivity index (χ0n) is 11.9. The number of nitro groups is 1. The molecule has 0 saturated carbocycles. The number of aryl methyl sites for hydroxylation is 1. The Bertz CT molecular complexity index is 637. The fourth-order valence-electron chi connectivity index (χ4n) is 2.46. The number of carbonyl (C=O) groups is 1. The first kappa shape index (κ1) is 14.9. The Balaban J connectivity index is 2.23. The van der Waals surface area contributed by atoms with Crippen LogP contribution in [-0.4, -0.2) is 17.3 Å². The van der Waals surface area contributed by atoms with Crippen LogP contribution < -0.4 is 0 Å². The van der Waals surface area contributed by atoms with Crippen LogP contribution in [0.5, 0.6) is 0 Å². The second kappa shape index (κ2) is 6.79. The summed E-state index contributed by atoms with van der Waals surface area (Å²) in [6.45, 7) is 1.68. The van der Waals surface area contributed by atoms with E-state index in [4.69, 9.17) is 0 Å². The molecule has 4 heteroatoms. The van der Waals surface area contributed by atoms with Gasteiger partial charge in [0, 0.05) is 16.9 Å². The number of nitrogens with zero attached hydrogens (tertiary/aromatic N) is 1. The first-order valence-corrected chi connectivity index (χ1v) is 6.83. The van der Waals surface area contributed by atoms with Crippen LogP contribution in [0.2, 0.25) is 0 Å². The number of benzene rings is 2. The molecule has 0 amide bonds. The fourth-order valence-corrected chi connectivity index (χ4v) is 2.46. The van der Waals surface area contributed by atoms with E-state index in [9.17, 15) is 14.9 Å². The van der Waals surface area contributed by atoms with Gasteiger partial charge in [-0.3, -0.25) is 14.9 Å². The van der Waals surface area contributed by atoms with Crippen molar-refractivity contribution in [2.24, 2.45) is 0 Å². The van der Waals surface area contributed by atoms with Crippen molar-refractivity contribution >= 4 is 5.78 Å². The molecule has 0 radical (unpaired) electrons. The molecule has 0 spiro atoms. The first-order valence-electron chi connectivity index (χ1n) is 6.83. The summed E-state index contributed by atoms with van der Waals surface area (Å²) in [4.78, 5) is 22.9. The summed E-state index contributed by atoms with van der Waals surface area (Å²) in [6.07, 6.45) is 0.149. The molecule has 21 heavy (non-hydrogen) atoms. The van der Waals surface area contributed by atoms with E-state index in [2.05, 4.69) is 0 Å². The van der Waals surface area contributed by atoms with E-state index in [1.807, 2.05) is 37.3 Å². The maximum absolute atomic E-state index is 12.3. The largest absolute Gasteiger partial charge is 0.294 e. The van der Waals surface area contributed by atoms with Gasteiger partial charge in [0.1, 0.15) is 0 Å². The summed E-state index contributed by atoms with van der Waals surface area (Å²) < 4.78 is 0. The summed E-state index contributed by atoms with van der Waals surface area (Å²) in [5, 5.41) is 10.9. The van der Waals surface area contributed by atoms with Crippen LogP contribution in [-0.2, 0) is 0 Å². The molecule has 1 unspecified atom stereocenters. The maximum atomic E-state index is 12.3. The van der Waals surface area contributed by atoms with Crippen molar-refractivity contribution in [1.82, 2.24) is 0 Å². The first-order chi connectivity index (χ1) is 10.1. The van der Waals surface area contributed by atoms with Crippen LogP contribution in [0.1, 0.15) is 33.8 Å². The topological polar surface area (TPSA) is 60.2 Å². The molecule has 0 N–H and O–H groups in total. The molecule has 0 aliphatic heterocycles. The maximum Gasteiger partial charge on any atom is 0.211 e. The van der Waals surface area contributed by atoms with Gasteiger partial charge in [-0.05, 0) is 18.1 Å². The highest BCUT2D eigenvalue weighted by Crippen LogP contribution is 2.25. The SMILES string of the molecule is Cc1ccccc1C(CC(=O)c1ccccc1)C[N+](=O)[O-]. The number of ketones is 1. The van der Waals surface area contributed by atoms with Crippen molar-refractivity contribution in [2.75, 3.05) is 6.54 Å². The lowest BCUT2D eigenvalue weighted by Gasteiger charge is -2.15. The Labute approximate surface area is 123 Å². The monoisotopic (exact) mass is 283 g/mol. The van der Waals surface area contributed by atoms with Gasteiger partial charge in [0.15, 0.2) is 5.78 Å². The molecule has 2 aromatic rings. The van der Waals surface area contributed by atoms with Crippen molar-refractivity contribution in [3.8, 4) is 0 Å². The van der Waals surface area contributed by atoms with E-state index >= 15 is 0 Å². The highest BCUT2D eigenvalue weighted by molar-refractivity contribution is 5.96.